The summed E-state index contributed by atoms with van der Waals surface area (Å²) in [6, 6.07) is 10.7. The Kier molecular flexibility index (Phi) is 7.71. The number of hydrogen-bond donors (Lipinski definition) is 1. The van der Waals surface area contributed by atoms with Gasteiger partial charge in [-0.05, 0) is 66.8 Å². The number of hydrogen-bond acceptors (Lipinski definition) is 5. The zero-order valence-corrected chi connectivity index (χ0v) is 17.1. The van der Waals surface area contributed by atoms with E-state index in [1.807, 2.05) is 32.0 Å². The zero-order chi connectivity index (χ0) is 18.9. The summed E-state index contributed by atoms with van der Waals surface area (Å²) in [6.07, 6.45) is 1.54. The van der Waals surface area contributed by atoms with E-state index in [-0.39, 0.29) is 5.91 Å². The number of amides is 1. The van der Waals surface area contributed by atoms with Crippen LogP contribution in [0.2, 0.25) is 0 Å². The van der Waals surface area contributed by atoms with Gasteiger partial charge in [-0.25, -0.2) is 5.43 Å². The highest BCUT2D eigenvalue weighted by atomic mass is 127. The summed E-state index contributed by atoms with van der Waals surface area (Å²) in [7, 11) is 1.57. The van der Waals surface area contributed by atoms with Crippen molar-refractivity contribution in [1.29, 1.82) is 0 Å². The highest BCUT2D eigenvalue weighted by molar-refractivity contribution is 14.1. The molecule has 0 aliphatic heterocycles. The Morgan fingerprint density at radius 2 is 1.88 bits per heavy atom. The van der Waals surface area contributed by atoms with E-state index in [1.165, 1.54) is 0 Å². The molecule has 0 atom stereocenters. The van der Waals surface area contributed by atoms with Gasteiger partial charge in [0.25, 0.3) is 5.91 Å². The minimum Gasteiger partial charge on any atom is -0.496 e. The lowest BCUT2D eigenvalue weighted by molar-refractivity contribution is 0.0954. The van der Waals surface area contributed by atoms with E-state index < -0.39 is 0 Å². The maximum Gasteiger partial charge on any atom is 0.271 e. The van der Waals surface area contributed by atoms with Crippen LogP contribution >= 0.6 is 22.6 Å². The highest BCUT2D eigenvalue weighted by Gasteiger charge is 2.09. The third-order valence-corrected chi connectivity index (χ3v) is 4.27. The number of rotatable bonds is 8. The van der Waals surface area contributed by atoms with Crippen molar-refractivity contribution in [2.75, 3.05) is 20.3 Å². The first-order valence-electron chi connectivity index (χ1n) is 8.15. The Morgan fingerprint density at radius 1 is 1.12 bits per heavy atom. The van der Waals surface area contributed by atoms with Crippen LogP contribution in [0.5, 0.6) is 17.2 Å². The van der Waals surface area contributed by atoms with Crippen LogP contribution in [-0.4, -0.2) is 32.4 Å². The van der Waals surface area contributed by atoms with Gasteiger partial charge in [0.2, 0.25) is 0 Å². The molecule has 0 radical (unpaired) electrons. The van der Waals surface area contributed by atoms with Crippen molar-refractivity contribution >= 4 is 34.7 Å². The lowest BCUT2D eigenvalue weighted by atomic mass is 10.2. The molecule has 0 aliphatic carbocycles. The first-order chi connectivity index (χ1) is 12.6. The number of ether oxygens (including phenoxy) is 3. The molecular weight excluding hydrogens is 447 g/mol. The molecule has 0 unspecified atom stereocenters. The Balaban J connectivity index is 2.10. The van der Waals surface area contributed by atoms with Gasteiger partial charge in [-0.15, -0.1) is 0 Å². The van der Waals surface area contributed by atoms with Crippen molar-refractivity contribution in [2.45, 2.75) is 13.8 Å². The monoisotopic (exact) mass is 468 g/mol. The molecule has 0 saturated carbocycles. The van der Waals surface area contributed by atoms with Crippen LogP contribution in [0, 0.1) is 3.57 Å². The molecule has 1 amide bonds. The van der Waals surface area contributed by atoms with Gasteiger partial charge in [0.15, 0.2) is 0 Å². The second kappa shape index (κ2) is 10.0. The Bertz CT molecular complexity index is 793. The van der Waals surface area contributed by atoms with Crippen molar-refractivity contribution in [3.8, 4) is 17.2 Å². The number of nitrogens with one attached hydrogen (secondary N) is 1. The van der Waals surface area contributed by atoms with Crippen LogP contribution < -0.4 is 19.6 Å². The minimum absolute atomic E-state index is 0.320. The van der Waals surface area contributed by atoms with Gasteiger partial charge >= 0.3 is 0 Å². The van der Waals surface area contributed by atoms with Gasteiger partial charge in [-0.2, -0.15) is 5.10 Å². The Morgan fingerprint density at radius 3 is 2.58 bits per heavy atom. The molecule has 26 heavy (non-hydrogen) atoms. The number of carbonyl (C=O) groups is 1. The van der Waals surface area contributed by atoms with Gasteiger partial charge < -0.3 is 14.2 Å². The molecule has 2 aromatic carbocycles. The van der Waals surface area contributed by atoms with Crippen molar-refractivity contribution in [3.05, 3.63) is 51.1 Å². The summed E-state index contributed by atoms with van der Waals surface area (Å²) in [5.74, 6) is 1.70. The minimum atomic E-state index is -0.320. The smallest absolute Gasteiger partial charge is 0.271 e. The molecule has 2 aromatic rings. The van der Waals surface area contributed by atoms with Crippen LogP contribution in [0.3, 0.4) is 0 Å². The maximum atomic E-state index is 12.2. The zero-order valence-electron chi connectivity index (χ0n) is 14.9. The number of nitrogens with zero attached hydrogens (tertiary/aromatic N) is 1. The van der Waals surface area contributed by atoms with Crippen LogP contribution in [0.25, 0.3) is 0 Å². The van der Waals surface area contributed by atoms with E-state index >= 15 is 0 Å². The maximum absolute atomic E-state index is 12.2. The van der Waals surface area contributed by atoms with E-state index in [0.29, 0.717) is 30.3 Å². The van der Waals surface area contributed by atoms with Crippen molar-refractivity contribution < 1.29 is 19.0 Å². The molecule has 0 bridgehead atoms. The predicted octanol–water partition coefficient (Wildman–Crippen LogP) is 3.86. The summed E-state index contributed by atoms with van der Waals surface area (Å²) >= 11 is 2.15. The first-order valence-corrected chi connectivity index (χ1v) is 9.23. The number of hydrazone groups is 1. The molecule has 6 nitrogen and oxygen atoms in total. The van der Waals surface area contributed by atoms with Gasteiger partial charge in [-0.1, -0.05) is 0 Å². The molecule has 0 aliphatic rings. The van der Waals surface area contributed by atoms with E-state index in [4.69, 9.17) is 14.2 Å². The molecule has 1 N–H and O–H groups in total. The molecule has 7 heteroatoms. The standard InChI is InChI=1S/C19H21IN2O4/c1-4-25-15-8-6-14(17(11-15)26-5-2)12-21-22-19(23)13-7-9-16(20)18(10-13)24-3/h6-12H,4-5H2,1-3H3,(H,22,23)/b21-12-. The number of carbonyl (C=O) groups excluding carboxylic acids is 1. The largest absolute Gasteiger partial charge is 0.496 e. The van der Waals surface area contributed by atoms with E-state index in [9.17, 15) is 4.79 Å². The summed E-state index contributed by atoms with van der Waals surface area (Å²) in [5, 5.41) is 4.03. The first kappa shape index (κ1) is 20.0. The van der Waals surface area contributed by atoms with Crippen LogP contribution in [-0.2, 0) is 0 Å². The highest BCUT2D eigenvalue weighted by Crippen LogP contribution is 2.24. The molecule has 0 aromatic heterocycles. The van der Waals surface area contributed by atoms with Gasteiger partial charge in [-0.3, -0.25) is 4.79 Å². The molecule has 0 saturated heterocycles. The quantitative estimate of drug-likeness (QED) is 0.363. The normalized spacial score (nSPS) is 10.6. The fourth-order valence-corrected chi connectivity index (χ4v) is 2.74. The lowest BCUT2D eigenvalue weighted by Crippen LogP contribution is -2.17. The van der Waals surface area contributed by atoms with Gasteiger partial charge in [0, 0.05) is 17.2 Å². The van der Waals surface area contributed by atoms with Crippen LogP contribution in [0.15, 0.2) is 41.5 Å². The van der Waals surface area contributed by atoms with E-state index in [1.54, 1.807) is 31.5 Å². The van der Waals surface area contributed by atoms with Gasteiger partial charge in [0.1, 0.15) is 17.2 Å². The van der Waals surface area contributed by atoms with Crippen LogP contribution in [0.1, 0.15) is 29.8 Å². The SMILES string of the molecule is CCOc1ccc(/C=N\NC(=O)c2ccc(I)c(OC)c2)c(OCC)c1. The van der Waals surface area contributed by atoms with Crippen molar-refractivity contribution in [1.82, 2.24) is 5.43 Å². The van der Waals surface area contributed by atoms with Crippen molar-refractivity contribution in [3.63, 3.8) is 0 Å². The molecule has 0 heterocycles. The van der Waals surface area contributed by atoms with Crippen molar-refractivity contribution in [2.24, 2.45) is 5.10 Å². The number of methoxy groups -OCH3 is 1. The summed E-state index contributed by atoms with van der Waals surface area (Å²) < 4.78 is 17.2. The second-order valence-corrected chi connectivity index (χ2v) is 6.28. The number of benzene rings is 2. The van der Waals surface area contributed by atoms with Gasteiger partial charge in [0.05, 0.1) is 30.1 Å². The summed E-state index contributed by atoms with van der Waals surface area (Å²) in [5.41, 5.74) is 3.73. The summed E-state index contributed by atoms with van der Waals surface area (Å²) in [6.45, 7) is 4.92. The Hall–Kier alpha value is -2.29. The van der Waals surface area contributed by atoms with E-state index in [0.717, 1.165) is 14.9 Å². The predicted molar refractivity (Wildman–Crippen MR) is 110 cm³/mol. The topological polar surface area (TPSA) is 69.2 Å². The fraction of sp³-hybridized carbons (Fsp3) is 0.263. The third kappa shape index (κ3) is 5.35. The molecule has 138 valence electrons. The van der Waals surface area contributed by atoms with E-state index in [2.05, 4.69) is 33.1 Å². The van der Waals surface area contributed by atoms with Crippen LogP contribution in [0.4, 0.5) is 0 Å². The Labute approximate surface area is 166 Å². The average Bonchev–Trinajstić information content (AvgIpc) is 2.64. The average molecular weight is 468 g/mol. The molecule has 2 rings (SSSR count). The summed E-state index contributed by atoms with van der Waals surface area (Å²) in [4.78, 5) is 12.2. The lowest BCUT2D eigenvalue weighted by Gasteiger charge is -2.10. The fourth-order valence-electron chi connectivity index (χ4n) is 2.18. The third-order valence-electron chi connectivity index (χ3n) is 3.38. The molecule has 0 spiro atoms. The molecule has 0 fully saturated rings. The second-order valence-electron chi connectivity index (χ2n) is 5.11. The number of halogens is 1. The molecular formula is C19H21IN2O4.